The van der Waals surface area contributed by atoms with E-state index in [1.165, 1.54) is 11.3 Å². The second-order valence-corrected chi connectivity index (χ2v) is 5.14. The zero-order valence-corrected chi connectivity index (χ0v) is 11.9. The van der Waals surface area contributed by atoms with Gasteiger partial charge < -0.3 is 10.1 Å². The normalized spacial score (nSPS) is 10.2. The fourth-order valence-electron chi connectivity index (χ4n) is 1.70. The van der Waals surface area contributed by atoms with Gasteiger partial charge in [0, 0.05) is 12.1 Å². The Labute approximate surface area is 117 Å². The van der Waals surface area contributed by atoms with Gasteiger partial charge in [-0.3, -0.25) is 4.79 Å². The third-order valence-electron chi connectivity index (χ3n) is 2.70. The molecule has 0 aliphatic heterocycles. The molecule has 1 aromatic heterocycles. The molecule has 3 nitrogen and oxygen atoms in total. The van der Waals surface area contributed by atoms with Crippen LogP contribution in [0.2, 0.25) is 0 Å². The molecule has 0 aliphatic rings. The zero-order chi connectivity index (χ0) is 13.7. The molecule has 0 atom stereocenters. The lowest BCUT2D eigenvalue weighted by Gasteiger charge is -2.07. The van der Waals surface area contributed by atoms with Crippen molar-refractivity contribution in [3.63, 3.8) is 0 Å². The van der Waals surface area contributed by atoms with Crippen LogP contribution in [0, 0.1) is 6.92 Å². The van der Waals surface area contributed by atoms with E-state index in [0.717, 1.165) is 21.8 Å². The summed E-state index contributed by atoms with van der Waals surface area (Å²) in [6.07, 6.45) is 0. The van der Waals surface area contributed by atoms with Crippen LogP contribution in [-0.2, 0) is 6.61 Å². The van der Waals surface area contributed by atoms with Crippen molar-refractivity contribution in [3.05, 3.63) is 51.7 Å². The molecule has 0 bridgehead atoms. The van der Waals surface area contributed by atoms with Crippen LogP contribution in [0.15, 0.2) is 35.7 Å². The maximum absolute atomic E-state index is 11.6. The van der Waals surface area contributed by atoms with Gasteiger partial charge in [0.2, 0.25) is 0 Å². The van der Waals surface area contributed by atoms with Crippen molar-refractivity contribution in [2.24, 2.45) is 0 Å². The Kier molecular flexibility index (Phi) is 4.58. The van der Waals surface area contributed by atoms with Crippen LogP contribution in [0.25, 0.3) is 0 Å². The lowest BCUT2D eigenvalue weighted by Crippen LogP contribution is -2.21. The first-order valence-electron chi connectivity index (χ1n) is 6.24. The van der Waals surface area contributed by atoms with Gasteiger partial charge in [-0.1, -0.05) is 18.2 Å². The summed E-state index contributed by atoms with van der Waals surface area (Å²) in [5.74, 6) is 0.864. The van der Waals surface area contributed by atoms with E-state index in [9.17, 15) is 4.79 Å². The Balaban J connectivity index is 1.97. The molecule has 0 saturated heterocycles. The largest absolute Gasteiger partial charge is 0.489 e. The standard InChI is InChI=1S/C15H17NO2S/c1-3-16-15(17)14-8-12(10-19-14)9-18-13-7-5-4-6-11(13)2/h4-8,10H,3,9H2,1-2H3,(H,16,17). The van der Waals surface area contributed by atoms with Crippen molar-refractivity contribution in [2.75, 3.05) is 6.54 Å². The van der Waals surface area contributed by atoms with E-state index in [1.54, 1.807) is 0 Å². The smallest absolute Gasteiger partial charge is 0.261 e. The summed E-state index contributed by atoms with van der Waals surface area (Å²) in [6, 6.07) is 9.79. The van der Waals surface area contributed by atoms with Gasteiger partial charge in [-0.2, -0.15) is 0 Å². The molecule has 1 aromatic carbocycles. The number of benzene rings is 1. The first-order valence-corrected chi connectivity index (χ1v) is 7.12. The van der Waals surface area contributed by atoms with Crippen molar-refractivity contribution in [2.45, 2.75) is 20.5 Å². The molecule has 1 amide bonds. The van der Waals surface area contributed by atoms with Crippen LogP contribution in [0.1, 0.15) is 27.7 Å². The number of ether oxygens (including phenoxy) is 1. The minimum atomic E-state index is -0.0189. The first kappa shape index (κ1) is 13.6. The van der Waals surface area contributed by atoms with E-state index in [0.29, 0.717) is 13.2 Å². The Morgan fingerprint density at radius 3 is 2.89 bits per heavy atom. The number of rotatable bonds is 5. The van der Waals surface area contributed by atoms with Gasteiger partial charge in [0.1, 0.15) is 12.4 Å². The van der Waals surface area contributed by atoms with Crippen molar-refractivity contribution < 1.29 is 9.53 Å². The maximum Gasteiger partial charge on any atom is 0.261 e. The Bertz CT molecular complexity index is 563. The molecule has 0 radical (unpaired) electrons. The van der Waals surface area contributed by atoms with Gasteiger partial charge in [0.15, 0.2) is 0 Å². The fourth-order valence-corrected chi connectivity index (χ4v) is 2.51. The Hall–Kier alpha value is -1.81. The average molecular weight is 275 g/mol. The number of hydrogen-bond acceptors (Lipinski definition) is 3. The van der Waals surface area contributed by atoms with Gasteiger partial charge in [-0.25, -0.2) is 0 Å². The van der Waals surface area contributed by atoms with E-state index >= 15 is 0 Å². The molecule has 2 rings (SSSR count). The van der Waals surface area contributed by atoms with Gasteiger partial charge in [-0.05, 0) is 36.9 Å². The van der Waals surface area contributed by atoms with Crippen molar-refractivity contribution in [1.29, 1.82) is 0 Å². The van der Waals surface area contributed by atoms with E-state index in [1.807, 2.05) is 49.6 Å². The van der Waals surface area contributed by atoms with E-state index in [2.05, 4.69) is 5.32 Å². The van der Waals surface area contributed by atoms with Crippen molar-refractivity contribution in [3.8, 4) is 5.75 Å². The molecule has 1 heterocycles. The molecule has 0 fully saturated rings. The number of hydrogen-bond donors (Lipinski definition) is 1. The molecular weight excluding hydrogens is 258 g/mol. The molecule has 0 aliphatic carbocycles. The van der Waals surface area contributed by atoms with Gasteiger partial charge in [0.05, 0.1) is 4.88 Å². The summed E-state index contributed by atoms with van der Waals surface area (Å²) in [7, 11) is 0. The summed E-state index contributed by atoms with van der Waals surface area (Å²) >= 11 is 1.44. The molecule has 0 saturated carbocycles. The highest BCUT2D eigenvalue weighted by Gasteiger charge is 2.08. The SMILES string of the molecule is CCNC(=O)c1cc(COc2ccccc2C)cs1. The second-order valence-electron chi connectivity index (χ2n) is 4.23. The van der Waals surface area contributed by atoms with Crippen molar-refractivity contribution >= 4 is 17.2 Å². The van der Waals surface area contributed by atoms with Crippen LogP contribution in [0.3, 0.4) is 0 Å². The second kappa shape index (κ2) is 6.38. The fraction of sp³-hybridized carbons (Fsp3) is 0.267. The molecule has 4 heteroatoms. The monoisotopic (exact) mass is 275 g/mol. The van der Waals surface area contributed by atoms with Gasteiger partial charge in [0.25, 0.3) is 5.91 Å². The van der Waals surface area contributed by atoms with Crippen LogP contribution in [0.5, 0.6) is 5.75 Å². The highest BCUT2D eigenvalue weighted by Crippen LogP contribution is 2.20. The number of amides is 1. The predicted molar refractivity (Wildman–Crippen MR) is 77.8 cm³/mol. The zero-order valence-electron chi connectivity index (χ0n) is 11.1. The number of para-hydroxylation sites is 1. The number of thiophene rings is 1. The first-order chi connectivity index (χ1) is 9.20. The van der Waals surface area contributed by atoms with Crippen LogP contribution >= 0.6 is 11.3 Å². The molecule has 0 unspecified atom stereocenters. The number of nitrogens with one attached hydrogen (secondary N) is 1. The molecular formula is C15H17NO2S. The molecule has 1 N–H and O–H groups in total. The Morgan fingerprint density at radius 2 is 2.16 bits per heavy atom. The molecule has 19 heavy (non-hydrogen) atoms. The lowest BCUT2D eigenvalue weighted by molar-refractivity contribution is 0.0960. The van der Waals surface area contributed by atoms with Crippen LogP contribution < -0.4 is 10.1 Å². The minimum Gasteiger partial charge on any atom is -0.489 e. The van der Waals surface area contributed by atoms with E-state index in [4.69, 9.17) is 4.74 Å². The summed E-state index contributed by atoms with van der Waals surface area (Å²) in [5, 5.41) is 4.75. The maximum atomic E-state index is 11.6. The quantitative estimate of drug-likeness (QED) is 0.908. The minimum absolute atomic E-state index is 0.0189. The topological polar surface area (TPSA) is 38.3 Å². The third kappa shape index (κ3) is 3.58. The summed E-state index contributed by atoms with van der Waals surface area (Å²) < 4.78 is 5.75. The summed E-state index contributed by atoms with van der Waals surface area (Å²) in [5.41, 5.74) is 2.14. The van der Waals surface area contributed by atoms with Gasteiger partial charge >= 0.3 is 0 Å². The highest BCUT2D eigenvalue weighted by atomic mass is 32.1. The molecule has 2 aromatic rings. The summed E-state index contributed by atoms with van der Waals surface area (Å²) in [4.78, 5) is 12.4. The summed E-state index contributed by atoms with van der Waals surface area (Å²) in [6.45, 7) is 5.06. The Morgan fingerprint density at radius 1 is 1.37 bits per heavy atom. The van der Waals surface area contributed by atoms with E-state index < -0.39 is 0 Å². The highest BCUT2D eigenvalue weighted by molar-refractivity contribution is 7.12. The number of aryl methyl sites for hydroxylation is 1. The third-order valence-corrected chi connectivity index (χ3v) is 3.68. The van der Waals surface area contributed by atoms with Crippen LogP contribution in [-0.4, -0.2) is 12.5 Å². The van der Waals surface area contributed by atoms with E-state index in [-0.39, 0.29) is 5.91 Å². The van der Waals surface area contributed by atoms with Crippen molar-refractivity contribution in [1.82, 2.24) is 5.32 Å². The number of carbonyl (C=O) groups is 1. The molecule has 100 valence electrons. The lowest BCUT2D eigenvalue weighted by atomic mass is 10.2. The van der Waals surface area contributed by atoms with Crippen LogP contribution in [0.4, 0.5) is 0 Å². The molecule has 0 spiro atoms. The van der Waals surface area contributed by atoms with Gasteiger partial charge in [-0.15, -0.1) is 11.3 Å². The average Bonchev–Trinajstić information content (AvgIpc) is 2.87. The predicted octanol–water partition coefficient (Wildman–Crippen LogP) is 3.39. The number of carbonyl (C=O) groups excluding carboxylic acids is 1.